The molecule has 1 fully saturated rings. The lowest BCUT2D eigenvalue weighted by Gasteiger charge is -2.31. The molecule has 0 aliphatic carbocycles. The van der Waals surface area contributed by atoms with Crippen LogP contribution in [0.1, 0.15) is 58.2 Å². The largest absolute Gasteiger partial charge is 0.361 e. The molecule has 3 aromatic heterocycles. The highest BCUT2D eigenvalue weighted by molar-refractivity contribution is 7.08. The summed E-state index contributed by atoms with van der Waals surface area (Å²) in [7, 11) is 0. The lowest BCUT2D eigenvalue weighted by Crippen LogP contribution is -2.38. The van der Waals surface area contributed by atoms with Crippen molar-refractivity contribution in [1.82, 2.24) is 24.6 Å². The van der Waals surface area contributed by atoms with E-state index in [1.54, 1.807) is 0 Å². The van der Waals surface area contributed by atoms with E-state index in [1.165, 1.54) is 11.5 Å². The van der Waals surface area contributed by atoms with Gasteiger partial charge in [0.15, 0.2) is 0 Å². The number of aryl methyl sites for hydroxylation is 3. The fourth-order valence-corrected chi connectivity index (χ4v) is 4.51. The minimum absolute atomic E-state index is 0.0581. The van der Waals surface area contributed by atoms with Crippen molar-refractivity contribution in [3.63, 3.8) is 0 Å². The van der Waals surface area contributed by atoms with Crippen molar-refractivity contribution < 1.29 is 9.32 Å². The number of nitrogens with zero attached hydrogens (tertiary/aromatic N) is 5. The smallest absolute Gasteiger partial charge is 0.267 e. The maximum Gasteiger partial charge on any atom is 0.267 e. The topological polar surface area (TPSA) is 85.0 Å². The number of amides is 1. The van der Waals surface area contributed by atoms with Gasteiger partial charge in [-0.25, -0.2) is 0 Å². The van der Waals surface area contributed by atoms with Crippen molar-refractivity contribution in [3.05, 3.63) is 45.9 Å². The first-order chi connectivity index (χ1) is 13.6. The molecule has 0 aromatic carbocycles. The number of piperidine rings is 1. The van der Waals surface area contributed by atoms with Crippen LogP contribution in [0, 0.1) is 13.8 Å². The van der Waals surface area contributed by atoms with E-state index in [0.717, 1.165) is 66.5 Å². The average Bonchev–Trinajstić information content (AvgIpc) is 3.33. The summed E-state index contributed by atoms with van der Waals surface area (Å²) in [6.45, 7) is 7.29. The van der Waals surface area contributed by atoms with E-state index in [2.05, 4.69) is 20.8 Å². The third-order valence-corrected chi connectivity index (χ3v) is 6.10. The van der Waals surface area contributed by atoms with E-state index >= 15 is 0 Å². The van der Waals surface area contributed by atoms with Gasteiger partial charge in [-0.1, -0.05) is 22.6 Å². The van der Waals surface area contributed by atoms with E-state index in [-0.39, 0.29) is 5.91 Å². The molecular formula is C20H23N5O2S. The molecule has 1 saturated heterocycles. The van der Waals surface area contributed by atoms with Gasteiger partial charge in [-0.05, 0) is 56.8 Å². The van der Waals surface area contributed by atoms with E-state index in [4.69, 9.17) is 9.51 Å². The first kappa shape index (κ1) is 18.7. The van der Waals surface area contributed by atoms with Crippen molar-refractivity contribution in [2.75, 3.05) is 13.1 Å². The summed E-state index contributed by atoms with van der Waals surface area (Å²) in [4.78, 5) is 20.3. The van der Waals surface area contributed by atoms with Crippen LogP contribution >= 0.6 is 11.5 Å². The standard InChI is InChI=1S/C20H23N5O2S/c1-4-15-19(28-24-22-15)20(26)25-10-8-14(9-11-25)16-6-5-7-17(21-16)18-12(2)23-27-13(18)3/h5-7,14H,4,8-11H2,1-3H3. The first-order valence-corrected chi connectivity index (χ1v) is 10.4. The van der Waals surface area contributed by atoms with Crippen molar-refractivity contribution in [1.29, 1.82) is 0 Å². The monoisotopic (exact) mass is 397 g/mol. The van der Waals surface area contributed by atoms with Gasteiger partial charge >= 0.3 is 0 Å². The normalized spacial score (nSPS) is 15.2. The van der Waals surface area contributed by atoms with Crippen molar-refractivity contribution in [2.45, 2.75) is 46.0 Å². The number of carbonyl (C=O) groups excluding carboxylic acids is 1. The third-order valence-electron chi connectivity index (χ3n) is 5.35. The number of hydrogen-bond acceptors (Lipinski definition) is 7. The molecule has 0 radical (unpaired) electrons. The highest BCUT2D eigenvalue weighted by atomic mass is 32.1. The molecule has 146 valence electrons. The zero-order chi connectivity index (χ0) is 19.7. The van der Waals surface area contributed by atoms with Crippen LogP contribution in [-0.4, -0.2) is 43.6 Å². The Hall–Kier alpha value is -2.61. The second-order valence-corrected chi connectivity index (χ2v) is 7.87. The van der Waals surface area contributed by atoms with Crippen molar-refractivity contribution in [3.8, 4) is 11.3 Å². The Kier molecular flexibility index (Phi) is 5.21. The zero-order valence-corrected chi connectivity index (χ0v) is 17.1. The fourth-order valence-electron chi connectivity index (χ4n) is 3.79. The first-order valence-electron chi connectivity index (χ1n) is 9.59. The lowest BCUT2D eigenvalue weighted by atomic mass is 9.92. The van der Waals surface area contributed by atoms with Gasteiger partial charge in [0.1, 0.15) is 10.6 Å². The van der Waals surface area contributed by atoms with Crippen molar-refractivity contribution >= 4 is 17.4 Å². The molecule has 4 heterocycles. The van der Waals surface area contributed by atoms with Crippen LogP contribution in [0.4, 0.5) is 0 Å². The number of aromatic nitrogens is 4. The molecule has 1 aliphatic heterocycles. The molecule has 0 atom stereocenters. The van der Waals surface area contributed by atoms with Gasteiger partial charge in [0.25, 0.3) is 5.91 Å². The molecule has 1 amide bonds. The number of carbonyl (C=O) groups is 1. The molecule has 8 heteroatoms. The summed E-state index contributed by atoms with van der Waals surface area (Å²) >= 11 is 1.20. The van der Waals surface area contributed by atoms with Gasteiger partial charge < -0.3 is 9.42 Å². The minimum atomic E-state index is 0.0581. The zero-order valence-electron chi connectivity index (χ0n) is 16.3. The second-order valence-electron chi connectivity index (χ2n) is 7.12. The SMILES string of the molecule is CCc1nnsc1C(=O)N1CCC(c2cccc(-c3c(C)noc3C)n2)CC1. The number of pyridine rings is 1. The molecule has 0 unspecified atom stereocenters. The molecule has 28 heavy (non-hydrogen) atoms. The van der Waals surface area contributed by atoms with Crippen LogP contribution in [0.2, 0.25) is 0 Å². The summed E-state index contributed by atoms with van der Waals surface area (Å²) in [6.07, 6.45) is 2.53. The Labute approximate surface area is 167 Å². The van der Waals surface area contributed by atoms with E-state index in [0.29, 0.717) is 10.8 Å². The predicted octanol–water partition coefficient (Wildman–Crippen LogP) is 3.79. The van der Waals surface area contributed by atoms with E-state index in [1.807, 2.05) is 37.8 Å². The fraction of sp³-hybridized carbons (Fsp3) is 0.450. The Balaban J connectivity index is 1.47. The number of hydrogen-bond donors (Lipinski definition) is 0. The van der Waals surface area contributed by atoms with Gasteiger partial charge in [-0.2, -0.15) is 0 Å². The Morgan fingerprint density at radius 3 is 2.75 bits per heavy atom. The third kappa shape index (κ3) is 3.44. The Morgan fingerprint density at radius 1 is 1.29 bits per heavy atom. The summed E-state index contributed by atoms with van der Waals surface area (Å²) in [5.41, 5.74) is 4.59. The Bertz CT molecular complexity index is 969. The van der Waals surface area contributed by atoms with Gasteiger partial charge in [0.05, 0.1) is 22.6 Å². The molecule has 4 rings (SSSR count). The van der Waals surface area contributed by atoms with E-state index < -0.39 is 0 Å². The van der Waals surface area contributed by atoms with Gasteiger partial charge in [0, 0.05) is 24.7 Å². The molecule has 0 saturated carbocycles. The lowest BCUT2D eigenvalue weighted by molar-refractivity contribution is 0.0715. The summed E-state index contributed by atoms with van der Waals surface area (Å²) in [5.74, 6) is 1.19. The average molecular weight is 398 g/mol. The molecule has 0 N–H and O–H groups in total. The predicted molar refractivity (Wildman–Crippen MR) is 106 cm³/mol. The highest BCUT2D eigenvalue weighted by Gasteiger charge is 2.28. The second kappa shape index (κ2) is 7.79. The molecule has 0 bridgehead atoms. The van der Waals surface area contributed by atoms with E-state index in [9.17, 15) is 4.79 Å². The maximum atomic E-state index is 12.8. The van der Waals surface area contributed by atoms with Crippen LogP contribution in [0.15, 0.2) is 22.7 Å². The van der Waals surface area contributed by atoms with Gasteiger partial charge in [-0.15, -0.1) is 5.10 Å². The van der Waals surface area contributed by atoms with Crippen LogP contribution in [0.3, 0.4) is 0 Å². The van der Waals surface area contributed by atoms with Crippen LogP contribution in [0.25, 0.3) is 11.3 Å². The summed E-state index contributed by atoms with van der Waals surface area (Å²) in [6, 6.07) is 6.11. The van der Waals surface area contributed by atoms with Crippen LogP contribution < -0.4 is 0 Å². The van der Waals surface area contributed by atoms with Gasteiger partial charge in [-0.3, -0.25) is 9.78 Å². The molecular weight excluding hydrogens is 374 g/mol. The van der Waals surface area contributed by atoms with Crippen LogP contribution in [0.5, 0.6) is 0 Å². The number of likely N-dealkylation sites (tertiary alicyclic amines) is 1. The molecule has 7 nitrogen and oxygen atoms in total. The molecule has 3 aromatic rings. The maximum absolute atomic E-state index is 12.8. The van der Waals surface area contributed by atoms with Gasteiger partial charge in [0.2, 0.25) is 0 Å². The number of rotatable bonds is 4. The van der Waals surface area contributed by atoms with Crippen molar-refractivity contribution in [2.24, 2.45) is 0 Å². The summed E-state index contributed by atoms with van der Waals surface area (Å²) in [5, 5.41) is 8.09. The van der Waals surface area contributed by atoms with Crippen LogP contribution in [-0.2, 0) is 6.42 Å². The minimum Gasteiger partial charge on any atom is -0.361 e. The Morgan fingerprint density at radius 2 is 2.07 bits per heavy atom. The summed E-state index contributed by atoms with van der Waals surface area (Å²) < 4.78 is 9.23. The highest BCUT2D eigenvalue weighted by Crippen LogP contribution is 2.31. The molecule has 0 spiro atoms. The molecule has 1 aliphatic rings. The quantitative estimate of drug-likeness (QED) is 0.666.